The Bertz CT molecular complexity index is 210. The van der Waals surface area contributed by atoms with Gasteiger partial charge in [-0.05, 0) is 18.3 Å². The van der Waals surface area contributed by atoms with Crippen LogP contribution < -0.4 is 0 Å². The summed E-state index contributed by atoms with van der Waals surface area (Å²) in [5, 5.41) is 17.4. The molecule has 0 amide bonds. The summed E-state index contributed by atoms with van der Waals surface area (Å²) in [7, 11) is 0. The van der Waals surface area contributed by atoms with Crippen molar-refractivity contribution in [2.75, 3.05) is 0 Å². The van der Waals surface area contributed by atoms with E-state index in [9.17, 15) is 9.59 Å². The van der Waals surface area contributed by atoms with E-state index in [1.54, 1.807) is 6.92 Å². The maximum atomic E-state index is 10.8. The minimum atomic E-state index is -1.05. The predicted octanol–water partition coefficient (Wildman–Crippen LogP) is 1.84. The third-order valence-corrected chi connectivity index (χ3v) is 2.24. The Balaban J connectivity index is 4.33. The van der Waals surface area contributed by atoms with E-state index in [0.717, 1.165) is 6.42 Å². The zero-order chi connectivity index (χ0) is 11.3. The molecule has 0 saturated carbocycles. The van der Waals surface area contributed by atoms with E-state index < -0.39 is 17.9 Å². The van der Waals surface area contributed by atoms with Crippen molar-refractivity contribution in [1.29, 1.82) is 0 Å². The third kappa shape index (κ3) is 4.84. The van der Waals surface area contributed by atoms with Crippen molar-refractivity contribution < 1.29 is 19.8 Å². The van der Waals surface area contributed by atoms with E-state index in [1.165, 1.54) is 0 Å². The molecule has 0 spiro atoms. The van der Waals surface area contributed by atoms with Crippen LogP contribution in [0.2, 0.25) is 0 Å². The van der Waals surface area contributed by atoms with Crippen molar-refractivity contribution in [3.63, 3.8) is 0 Å². The Morgan fingerprint density at radius 1 is 1.14 bits per heavy atom. The lowest BCUT2D eigenvalue weighted by molar-refractivity contribution is -0.150. The molecule has 0 aliphatic heterocycles. The molecule has 0 bridgehead atoms. The highest BCUT2D eigenvalue weighted by Crippen LogP contribution is 2.23. The predicted molar refractivity (Wildman–Crippen MR) is 52.0 cm³/mol. The van der Waals surface area contributed by atoms with Gasteiger partial charge in [0.1, 0.15) is 0 Å². The topological polar surface area (TPSA) is 74.6 Å². The summed E-state index contributed by atoms with van der Waals surface area (Å²) < 4.78 is 0. The fourth-order valence-corrected chi connectivity index (χ4v) is 1.63. The maximum Gasteiger partial charge on any atom is 0.307 e. The van der Waals surface area contributed by atoms with Gasteiger partial charge in [0.25, 0.3) is 0 Å². The molecule has 0 aromatic rings. The summed E-state index contributed by atoms with van der Waals surface area (Å²) in [6.07, 6.45) is 0.452. The minimum Gasteiger partial charge on any atom is -0.481 e. The Hall–Kier alpha value is -1.06. The standard InChI is InChI=1S/C10H18O4/c1-6(2)4-7(3)8(10(13)14)5-9(11)12/h6-8H,4-5H2,1-3H3,(H,11,12)(H,13,14). The van der Waals surface area contributed by atoms with Gasteiger partial charge in [0.2, 0.25) is 0 Å². The number of hydrogen-bond acceptors (Lipinski definition) is 2. The average molecular weight is 202 g/mol. The SMILES string of the molecule is CC(C)CC(C)C(CC(=O)O)C(=O)O. The zero-order valence-electron chi connectivity index (χ0n) is 8.86. The number of carbonyl (C=O) groups is 2. The first-order chi connectivity index (χ1) is 6.34. The van der Waals surface area contributed by atoms with Crippen molar-refractivity contribution in [2.45, 2.75) is 33.6 Å². The molecular weight excluding hydrogens is 184 g/mol. The van der Waals surface area contributed by atoms with E-state index in [0.29, 0.717) is 5.92 Å². The molecule has 0 fully saturated rings. The number of carboxylic acids is 2. The van der Waals surface area contributed by atoms with E-state index in [-0.39, 0.29) is 12.3 Å². The van der Waals surface area contributed by atoms with Crippen LogP contribution in [0.4, 0.5) is 0 Å². The quantitative estimate of drug-likeness (QED) is 0.689. The number of aliphatic carboxylic acids is 2. The smallest absolute Gasteiger partial charge is 0.307 e. The van der Waals surface area contributed by atoms with Gasteiger partial charge in [-0.3, -0.25) is 9.59 Å². The molecule has 2 atom stereocenters. The number of carboxylic acid groups (broad SMARTS) is 2. The third-order valence-electron chi connectivity index (χ3n) is 2.24. The Morgan fingerprint density at radius 2 is 1.64 bits per heavy atom. The highest BCUT2D eigenvalue weighted by Gasteiger charge is 2.27. The summed E-state index contributed by atoms with van der Waals surface area (Å²) in [4.78, 5) is 21.2. The second kappa shape index (κ2) is 5.62. The molecule has 0 aromatic heterocycles. The van der Waals surface area contributed by atoms with Crippen molar-refractivity contribution in [3.8, 4) is 0 Å². The molecule has 0 rings (SSSR count). The van der Waals surface area contributed by atoms with Crippen LogP contribution in [0.15, 0.2) is 0 Å². The van der Waals surface area contributed by atoms with Crippen LogP contribution in [0.3, 0.4) is 0 Å². The highest BCUT2D eigenvalue weighted by atomic mass is 16.4. The maximum absolute atomic E-state index is 10.8. The van der Waals surface area contributed by atoms with E-state index in [4.69, 9.17) is 10.2 Å². The molecule has 0 aliphatic carbocycles. The van der Waals surface area contributed by atoms with Gasteiger partial charge in [-0.1, -0.05) is 20.8 Å². The molecule has 0 aromatic carbocycles. The Labute approximate surface area is 83.9 Å². The Morgan fingerprint density at radius 3 is 1.93 bits per heavy atom. The molecule has 82 valence electrons. The molecule has 0 saturated heterocycles. The lowest BCUT2D eigenvalue weighted by Crippen LogP contribution is -2.25. The lowest BCUT2D eigenvalue weighted by atomic mass is 9.85. The van der Waals surface area contributed by atoms with Gasteiger partial charge in [0, 0.05) is 0 Å². The van der Waals surface area contributed by atoms with Crippen LogP contribution in [0.1, 0.15) is 33.6 Å². The van der Waals surface area contributed by atoms with Crippen molar-refractivity contribution in [3.05, 3.63) is 0 Å². The molecule has 4 nitrogen and oxygen atoms in total. The average Bonchev–Trinajstić information content (AvgIpc) is 1.97. The van der Waals surface area contributed by atoms with Crippen LogP contribution >= 0.6 is 0 Å². The summed E-state index contributed by atoms with van der Waals surface area (Å²) in [6.45, 7) is 5.79. The normalized spacial score (nSPS) is 15.1. The summed E-state index contributed by atoms with van der Waals surface area (Å²) in [5.74, 6) is -2.53. The number of rotatable bonds is 6. The van der Waals surface area contributed by atoms with Crippen LogP contribution in [0.25, 0.3) is 0 Å². The van der Waals surface area contributed by atoms with E-state index in [2.05, 4.69) is 0 Å². The van der Waals surface area contributed by atoms with Crippen molar-refractivity contribution in [1.82, 2.24) is 0 Å². The molecular formula is C10H18O4. The summed E-state index contributed by atoms with van der Waals surface area (Å²) >= 11 is 0. The fraction of sp³-hybridized carbons (Fsp3) is 0.800. The van der Waals surface area contributed by atoms with Crippen molar-refractivity contribution >= 4 is 11.9 Å². The molecule has 2 unspecified atom stereocenters. The van der Waals surface area contributed by atoms with Gasteiger partial charge in [-0.15, -0.1) is 0 Å². The monoisotopic (exact) mass is 202 g/mol. The van der Waals surface area contributed by atoms with Gasteiger partial charge in [0.15, 0.2) is 0 Å². The van der Waals surface area contributed by atoms with Gasteiger partial charge < -0.3 is 10.2 Å². The van der Waals surface area contributed by atoms with Gasteiger partial charge >= 0.3 is 11.9 Å². The zero-order valence-corrected chi connectivity index (χ0v) is 8.86. The van der Waals surface area contributed by atoms with Crippen LogP contribution in [0, 0.1) is 17.8 Å². The molecule has 0 aliphatic rings. The van der Waals surface area contributed by atoms with E-state index in [1.807, 2.05) is 13.8 Å². The van der Waals surface area contributed by atoms with Gasteiger partial charge in [-0.25, -0.2) is 0 Å². The Kier molecular flexibility index (Phi) is 5.20. The van der Waals surface area contributed by atoms with Crippen LogP contribution in [-0.4, -0.2) is 22.2 Å². The van der Waals surface area contributed by atoms with Gasteiger partial charge in [0.05, 0.1) is 12.3 Å². The second-order valence-electron chi connectivity index (χ2n) is 4.15. The van der Waals surface area contributed by atoms with Crippen LogP contribution in [0.5, 0.6) is 0 Å². The number of hydrogen-bond donors (Lipinski definition) is 2. The largest absolute Gasteiger partial charge is 0.481 e. The molecule has 4 heteroatoms. The molecule has 14 heavy (non-hydrogen) atoms. The van der Waals surface area contributed by atoms with Gasteiger partial charge in [-0.2, -0.15) is 0 Å². The minimum absolute atomic E-state index is 0.0939. The van der Waals surface area contributed by atoms with Crippen LogP contribution in [-0.2, 0) is 9.59 Å². The first-order valence-corrected chi connectivity index (χ1v) is 4.79. The highest BCUT2D eigenvalue weighted by molar-refractivity contribution is 5.77. The summed E-state index contributed by atoms with van der Waals surface area (Å²) in [5.41, 5.74) is 0. The molecule has 0 radical (unpaired) electrons. The fourth-order valence-electron chi connectivity index (χ4n) is 1.63. The first-order valence-electron chi connectivity index (χ1n) is 4.79. The first kappa shape index (κ1) is 12.9. The molecule has 0 heterocycles. The lowest BCUT2D eigenvalue weighted by Gasteiger charge is -2.20. The van der Waals surface area contributed by atoms with E-state index >= 15 is 0 Å². The van der Waals surface area contributed by atoms with Crippen molar-refractivity contribution in [2.24, 2.45) is 17.8 Å². The second-order valence-corrected chi connectivity index (χ2v) is 4.15. The molecule has 2 N–H and O–H groups in total. The summed E-state index contributed by atoms with van der Waals surface area (Å²) in [6, 6.07) is 0.